The van der Waals surface area contributed by atoms with Crippen molar-refractivity contribution >= 4 is 17.4 Å². The van der Waals surface area contributed by atoms with Gasteiger partial charge in [0.1, 0.15) is 5.75 Å². The smallest absolute Gasteiger partial charge is 0.150 e. The summed E-state index contributed by atoms with van der Waals surface area (Å²) >= 11 is 5.42. The normalized spacial score (nSPS) is 10.2. The van der Waals surface area contributed by atoms with E-state index in [0.717, 1.165) is 11.3 Å². The highest BCUT2D eigenvalue weighted by Gasteiger charge is 2.01. The van der Waals surface area contributed by atoms with Crippen LogP contribution in [0.1, 0.15) is 6.42 Å². The molecular weight excluding hydrogens is 260 g/mol. The van der Waals surface area contributed by atoms with Gasteiger partial charge >= 0.3 is 0 Å². The standard InChI is InChI=1S/C16H15ClO2/c17-12-15(18)10-11-19-16-8-6-14(7-9-16)13-4-2-1-3-5-13/h1-9H,10-12H2. The van der Waals surface area contributed by atoms with E-state index in [9.17, 15) is 4.79 Å². The second-order valence-electron chi connectivity index (χ2n) is 4.16. The zero-order chi connectivity index (χ0) is 13.5. The zero-order valence-corrected chi connectivity index (χ0v) is 11.3. The average Bonchev–Trinajstić information content (AvgIpc) is 2.48. The largest absolute Gasteiger partial charge is 0.493 e. The van der Waals surface area contributed by atoms with Crippen molar-refractivity contribution in [2.45, 2.75) is 6.42 Å². The fourth-order valence-electron chi connectivity index (χ4n) is 1.72. The lowest BCUT2D eigenvalue weighted by Crippen LogP contribution is -2.06. The number of ether oxygens (including phenoxy) is 1. The Labute approximate surface area is 118 Å². The molecule has 2 rings (SSSR count). The summed E-state index contributed by atoms with van der Waals surface area (Å²) in [4.78, 5) is 11.0. The second kappa shape index (κ2) is 6.95. The van der Waals surface area contributed by atoms with Crippen molar-refractivity contribution in [2.75, 3.05) is 12.5 Å². The molecule has 0 saturated carbocycles. The first kappa shape index (κ1) is 13.6. The van der Waals surface area contributed by atoms with Gasteiger partial charge in [-0.25, -0.2) is 0 Å². The number of rotatable bonds is 6. The van der Waals surface area contributed by atoms with Gasteiger partial charge in [0, 0.05) is 6.42 Å². The third kappa shape index (κ3) is 4.11. The molecule has 0 bridgehead atoms. The van der Waals surface area contributed by atoms with Crippen LogP contribution in [0.25, 0.3) is 11.1 Å². The predicted octanol–water partition coefficient (Wildman–Crippen LogP) is 3.93. The number of ketones is 1. The highest BCUT2D eigenvalue weighted by molar-refractivity contribution is 6.27. The highest BCUT2D eigenvalue weighted by atomic mass is 35.5. The summed E-state index contributed by atoms with van der Waals surface area (Å²) < 4.78 is 5.49. The van der Waals surface area contributed by atoms with Crippen LogP contribution >= 0.6 is 11.6 Å². The van der Waals surface area contributed by atoms with E-state index in [1.165, 1.54) is 5.56 Å². The van der Waals surface area contributed by atoms with Crippen LogP contribution in [0, 0.1) is 0 Å². The SMILES string of the molecule is O=C(CCl)CCOc1ccc(-c2ccccc2)cc1. The number of carbonyl (C=O) groups excluding carboxylic acids is 1. The first-order valence-electron chi connectivity index (χ1n) is 6.15. The fourth-order valence-corrected chi connectivity index (χ4v) is 1.86. The Morgan fingerprint density at radius 2 is 1.58 bits per heavy atom. The summed E-state index contributed by atoms with van der Waals surface area (Å²) in [6.07, 6.45) is 0.351. The molecule has 98 valence electrons. The fraction of sp³-hybridized carbons (Fsp3) is 0.188. The van der Waals surface area contributed by atoms with Gasteiger partial charge in [-0.2, -0.15) is 0 Å². The number of carbonyl (C=O) groups is 1. The Morgan fingerprint density at radius 3 is 2.21 bits per heavy atom. The summed E-state index contributed by atoms with van der Waals surface area (Å²) in [6.45, 7) is 0.371. The molecule has 0 unspecified atom stereocenters. The van der Waals surface area contributed by atoms with Gasteiger partial charge in [-0.3, -0.25) is 4.79 Å². The molecule has 0 N–H and O–H groups in total. The molecule has 0 amide bonds. The summed E-state index contributed by atoms with van der Waals surface area (Å²) in [6, 6.07) is 18.0. The van der Waals surface area contributed by atoms with E-state index in [0.29, 0.717) is 13.0 Å². The van der Waals surface area contributed by atoms with Gasteiger partial charge < -0.3 is 4.74 Å². The molecule has 2 aromatic carbocycles. The van der Waals surface area contributed by atoms with Crippen molar-refractivity contribution in [2.24, 2.45) is 0 Å². The third-order valence-electron chi connectivity index (χ3n) is 2.76. The molecule has 0 aliphatic carbocycles. The minimum Gasteiger partial charge on any atom is -0.493 e. The molecule has 2 aromatic rings. The van der Waals surface area contributed by atoms with Gasteiger partial charge in [-0.15, -0.1) is 11.6 Å². The maximum atomic E-state index is 11.0. The van der Waals surface area contributed by atoms with Crippen LogP contribution in [-0.2, 0) is 4.79 Å². The molecule has 0 spiro atoms. The van der Waals surface area contributed by atoms with Crippen LogP contribution in [0.2, 0.25) is 0 Å². The lowest BCUT2D eigenvalue weighted by Gasteiger charge is -2.06. The van der Waals surface area contributed by atoms with Crippen LogP contribution in [0.15, 0.2) is 54.6 Å². The lowest BCUT2D eigenvalue weighted by atomic mass is 10.1. The zero-order valence-electron chi connectivity index (χ0n) is 10.5. The second-order valence-corrected chi connectivity index (χ2v) is 4.43. The van der Waals surface area contributed by atoms with E-state index >= 15 is 0 Å². The lowest BCUT2D eigenvalue weighted by molar-refractivity contribution is -0.117. The molecule has 0 saturated heterocycles. The van der Waals surface area contributed by atoms with Crippen molar-refractivity contribution in [1.29, 1.82) is 0 Å². The first-order chi connectivity index (χ1) is 9.29. The van der Waals surface area contributed by atoms with E-state index in [1.54, 1.807) is 0 Å². The van der Waals surface area contributed by atoms with E-state index in [2.05, 4.69) is 12.1 Å². The van der Waals surface area contributed by atoms with Gasteiger partial charge in [0.15, 0.2) is 5.78 Å². The maximum Gasteiger partial charge on any atom is 0.150 e. The van der Waals surface area contributed by atoms with Crippen LogP contribution in [0.4, 0.5) is 0 Å². The monoisotopic (exact) mass is 274 g/mol. The first-order valence-corrected chi connectivity index (χ1v) is 6.69. The van der Waals surface area contributed by atoms with Crippen molar-refractivity contribution in [3.8, 4) is 16.9 Å². The van der Waals surface area contributed by atoms with Gasteiger partial charge in [0.2, 0.25) is 0 Å². The van der Waals surface area contributed by atoms with Crippen molar-refractivity contribution in [1.82, 2.24) is 0 Å². The highest BCUT2D eigenvalue weighted by Crippen LogP contribution is 2.22. The average molecular weight is 275 g/mol. The van der Waals surface area contributed by atoms with Gasteiger partial charge in [-0.05, 0) is 23.3 Å². The number of halogens is 1. The maximum absolute atomic E-state index is 11.0. The molecule has 19 heavy (non-hydrogen) atoms. The Bertz CT molecular complexity index is 520. The Morgan fingerprint density at radius 1 is 0.947 bits per heavy atom. The van der Waals surface area contributed by atoms with Gasteiger partial charge in [0.05, 0.1) is 12.5 Å². The third-order valence-corrected chi connectivity index (χ3v) is 3.06. The van der Waals surface area contributed by atoms with E-state index in [4.69, 9.17) is 16.3 Å². The summed E-state index contributed by atoms with van der Waals surface area (Å²) in [5, 5.41) is 0. The molecule has 2 nitrogen and oxygen atoms in total. The quantitative estimate of drug-likeness (QED) is 0.746. The Balaban J connectivity index is 1.94. The van der Waals surface area contributed by atoms with Crippen LogP contribution < -0.4 is 4.74 Å². The van der Waals surface area contributed by atoms with Gasteiger partial charge in [-0.1, -0.05) is 42.5 Å². The van der Waals surface area contributed by atoms with Crippen LogP contribution in [0.3, 0.4) is 0 Å². The molecule has 0 aromatic heterocycles. The summed E-state index contributed by atoms with van der Waals surface area (Å²) in [7, 11) is 0. The number of alkyl halides is 1. The number of hydrogen-bond acceptors (Lipinski definition) is 2. The van der Waals surface area contributed by atoms with E-state index in [-0.39, 0.29) is 11.7 Å². The topological polar surface area (TPSA) is 26.3 Å². The van der Waals surface area contributed by atoms with Crippen LogP contribution in [0.5, 0.6) is 5.75 Å². The Kier molecular flexibility index (Phi) is 4.99. The molecule has 0 atom stereocenters. The molecule has 0 radical (unpaired) electrons. The van der Waals surface area contributed by atoms with E-state index < -0.39 is 0 Å². The summed E-state index contributed by atoms with van der Waals surface area (Å²) in [5.74, 6) is 0.820. The number of hydrogen-bond donors (Lipinski definition) is 0. The van der Waals surface area contributed by atoms with Crippen molar-refractivity contribution in [3.63, 3.8) is 0 Å². The predicted molar refractivity (Wildman–Crippen MR) is 77.7 cm³/mol. The molecule has 0 aliphatic heterocycles. The Hall–Kier alpha value is -1.80. The molecule has 0 aliphatic rings. The van der Waals surface area contributed by atoms with Crippen molar-refractivity contribution < 1.29 is 9.53 Å². The molecule has 0 fully saturated rings. The number of benzene rings is 2. The molecule has 3 heteroatoms. The van der Waals surface area contributed by atoms with E-state index in [1.807, 2.05) is 42.5 Å². The minimum absolute atomic E-state index is 0.00238. The minimum atomic E-state index is 0.00238. The molecular formula is C16H15ClO2. The van der Waals surface area contributed by atoms with Crippen LogP contribution in [-0.4, -0.2) is 18.3 Å². The van der Waals surface area contributed by atoms with Crippen molar-refractivity contribution in [3.05, 3.63) is 54.6 Å². The molecule has 0 heterocycles. The van der Waals surface area contributed by atoms with Gasteiger partial charge in [0.25, 0.3) is 0 Å². The summed E-state index contributed by atoms with van der Waals surface area (Å²) in [5.41, 5.74) is 2.32. The number of Topliss-reactive ketones (excluding diaryl/α,β-unsaturated/α-hetero) is 1.